The molecule has 1 rings (SSSR count). The molecule has 0 N–H and O–H groups in total. The smallest absolute Gasteiger partial charge is 1.00 e. The Kier molecular flexibility index (Phi) is 14.1. The van der Waals surface area contributed by atoms with Gasteiger partial charge >= 0.3 is 18.9 Å². The number of hydrogen-bond donors (Lipinski definition) is 0. The maximum absolute atomic E-state index is 2.75. The van der Waals surface area contributed by atoms with Crippen molar-refractivity contribution >= 4 is 0 Å². The molecule has 120 valence electrons. The monoisotopic (exact) mass is 287 g/mol. The van der Waals surface area contributed by atoms with Crippen molar-refractivity contribution in [3.8, 4) is 0 Å². The summed E-state index contributed by atoms with van der Waals surface area (Å²) in [4.78, 5) is 2.75. The van der Waals surface area contributed by atoms with Crippen LogP contribution >= 0.6 is 0 Å². The van der Waals surface area contributed by atoms with Gasteiger partial charge in [-0.3, -0.25) is 4.90 Å². The SMILES string of the molecule is CCCCCCCN(CCCCCCC)C1C=C(C)C1.[H-].[Li+]. The van der Waals surface area contributed by atoms with Crippen LogP contribution in [0.25, 0.3) is 0 Å². The first-order valence-corrected chi connectivity index (χ1v) is 9.19. The van der Waals surface area contributed by atoms with Gasteiger partial charge in [0.1, 0.15) is 0 Å². The molecule has 1 aliphatic carbocycles. The zero-order chi connectivity index (χ0) is 14.6. The third-order valence-corrected chi connectivity index (χ3v) is 4.57. The van der Waals surface area contributed by atoms with E-state index in [1.807, 2.05) is 0 Å². The zero-order valence-electron chi connectivity index (χ0n) is 16.3. The molecular weight excluding hydrogens is 249 g/mol. The van der Waals surface area contributed by atoms with Gasteiger partial charge in [0, 0.05) is 6.04 Å². The molecule has 1 nitrogen and oxygen atoms in total. The average Bonchev–Trinajstić information content (AvgIpc) is 2.41. The molecule has 21 heavy (non-hydrogen) atoms. The van der Waals surface area contributed by atoms with Crippen LogP contribution in [0, 0.1) is 0 Å². The van der Waals surface area contributed by atoms with E-state index in [0.29, 0.717) is 0 Å². The predicted octanol–water partition coefficient (Wildman–Crippen LogP) is 3.06. The van der Waals surface area contributed by atoms with Crippen molar-refractivity contribution in [2.24, 2.45) is 0 Å². The van der Waals surface area contributed by atoms with Crippen molar-refractivity contribution in [3.05, 3.63) is 11.6 Å². The predicted molar refractivity (Wildman–Crippen MR) is 92.4 cm³/mol. The zero-order valence-corrected chi connectivity index (χ0v) is 15.3. The van der Waals surface area contributed by atoms with Crippen molar-refractivity contribution < 1.29 is 20.3 Å². The third-order valence-electron chi connectivity index (χ3n) is 4.57. The van der Waals surface area contributed by atoms with Crippen LogP contribution in [0.3, 0.4) is 0 Å². The van der Waals surface area contributed by atoms with E-state index in [2.05, 4.69) is 31.7 Å². The van der Waals surface area contributed by atoms with Crippen LogP contribution in [0.15, 0.2) is 11.6 Å². The Balaban J connectivity index is 0. The summed E-state index contributed by atoms with van der Waals surface area (Å²) in [5, 5.41) is 0. The van der Waals surface area contributed by atoms with E-state index >= 15 is 0 Å². The van der Waals surface area contributed by atoms with Crippen LogP contribution in [-0.2, 0) is 0 Å². The Hall–Kier alpha value is 0.297. The fraction of sp³-hybridized carbons (Fsp3) is 0.895. The Bertz CT molecular complexity index is 254. The third kappa shape index (κ3) is 9.83. The summed E-state index contributed by atoms with van der Waals surface area (Å²) in [6.45, 7) is 9.52. The summed E-state index contributed by atoms with van der Waals surface area (Å²) in [5.41, 5.74) is 1.59. The first-order chi connectivity index (χ1) is 9.77. The summed E-state index contributed by atoms with van der Waals surface area (Å²) in [6, 6.07) is 0.771. The topological polar surface area (TPSA) is 3.24 Å². The minimum absolute atomic E-state index is 0. The summed E-state index contributed by atoms with van der Waals surface area (Å²) < 4.78 is 0. The van der Waals surface area contributed by atoms with Gasteiger partial charge in [-0.2, -0.15) is 0 Å². The summed E-state index contributed by atoms with van der Waals surface area (Å²) in [7, 11) is 0. The average molecular weight is 287 g/mol. The van der Waals surface area contributed by atoms with Crippen molar-refractivity contribution in [1.29, 1.82) is 0 Å². The van der Waals surface area contributed by atoms with Crippen molar-refractivity contribution in [1.82, 2.24) is 4.90 Å². The van der Waals surface area contributed by atoms with E-state index in [1.165, 1.54) is 83.7 Å². The molecule has 0 radical (unpaired) electrons. The molecule has 0 spiro atoms. The van der Waals surface area contributed by atoms with Gasteiger partial charge in [-0.25, -0.2) is 0 Å². The largest absolute Gasteiger partial charge is 1.00 e. The Morgan fingerprint density at radius 1 is 0.905 bits per heavy atom. The van der Waals surface area contributed by atoms with Crippen molar-refractivity contribution in [2.45, 2.75) is 97.4 Å². The van der Waals surface area contributed by atoms with E-state index in [-0.39, 0.29) is 20.3 Å². The maximum atomic E-state index is 2.75. The molecule has 0 aromatic carbocycles. The van der Waals surface area contributed by atoms with Gasteiger partial charge in [0.2, 0.25) is 0 Å². The number of nitrogens with zero attached hydrogens (tertiary/aromatic N) is 1. The van der Waals surface area contributed by atoms with E-state index < -0.39 is 0 Å². The molecule has 0 heterocycles. The van der Waals surface area contributed by atoms with E-state index in [9.17, 15) is 0 Å². The van der Waals surface area contributed by atoms with Gasteiger partial charge < -0.3 is 1.43 Å². The molecule has 0 amide bonds. The Morgan fingerprint density at radius 3 is 1.71 bits per heavy atom. The van der Waals surface area contributed by atoms with Gasteiger partial charge in [0.15, 0.2) is 0 Å². The normalized spacial score (nSPS) is 17.3. The van der Waals surface area contributed by atoms with Crippen LogP contribution in [0.1, 0.15) is 92.8 Å². The van der Waals surface area contributed by atoms with Gasteiger partial charge in [-0.1, -0.05) is 76.9 Å². The maximum Gasteiger partial charge on any atom is 1.00 e. The van der Waals surface area contributed by atoms with Gasteiger partial charge in [0.25, 0.3) is 0 Å². The summed E-state index contributed by atoms with van der Waals surface area (Å²) in [6.07, 6.45) is 17.9. The fourth-order valence-electron chi connectivity index (χ4n) is 3.14. The molecular formula is C19H38LiN. The first kappa shape index (κ1) is 21.3. The molecule has 0 aromatic rings. The van der Waals surface area contributed by atoms with Crippen molar-refractivity contribution in [3.63, 3.8) is 0 Å². The van der Waals surface area contributed by atoms with E-state index in [0.717, 1.165) is 6.04 Å². The molecule has 0 bridgehead atoms. The number of unbranched alkanes of at least 4 members (excludes halogenated alkanes) is 8. The molecule has 1 unspecified atom stereocenters. The second kappa shape index (κ2) is 13.9. The number of rotatable bonds is 13. The van der Waals surface area contributed by atoms with Crippen LogP contribution in [0.4, 0.5) is 0 Å². The standard InChI is InChI=1S/C19H37N.Li.H/c1-4-6-8-10-12-14-20(19-16-18(3)17-19)15-13-11-9-7-5-2;;/h16,19H,4-15,17H2,1-3H3;;/q;+1;-1. The minimum Gasteiger partial charge on any atom is -1.00 e. The molecule has 0 fully saturated rings. The molecule has 1 aliphatic rings. The van der Waals surface area contributed by atoms with Crippen LogP contribution in [-0.4, -0.2) is 24.0 Å². The van der Waals surface area contributed by atoms with Crippen LogP contribution in [0.5, 0.6) is 0 Å². The second-order valence-electron chi connectivity index (χ2n) is 6.65. The molecule has 0 aliphatic heterocycles. The van der Waals surface area contributed by atoms with Gasteiger partial charge in [-0.15, -0.1) is 0 Å². The molecule has 0 aromatic heterocycles. The number of hydrogen-bond acceptors (Lipinski definition) is 1. The quantitative estimate of drug-likeness (QED) is 0.286. The second-order valence-corrected chi connectivity index (χ2v) is 6.65. The van der Waals surface area contributed by atoms with E-state index in [1.54, 1.807) is 5.57 Å². The summed E-state index contributed by atoms with van der Waals surface area (Å²) in [5.74, 6) is 0. The fourth-order valence-corrected chi connectivity index (χ4v) is 3.14. The molecule has 0 saturated heterocycles. The van der Waals surface area contributed by atoms with E-state index in [4.69, 9.17) is 0 Å². The van der Waals surface area contributed by atoms with Crippen molar-refractivity contribution in [2.75, 3.05) is 13.1 Å². The molecule has 2 heteroatoms. The molecule has 0 saturated carbocycles. The Morgan fingerprint density at radius 2 is 1.33 bits per heavy atom. The van der Waals surface area contributed by atoms with Gasteiger partial charge in [-0.05, 0) is 39.3 Å². The summed E-state index contributed by atoms with van der Waals surface area (Å²) >= 11 is 0. The molecule has 1 atom stereocenters. The van der Waals surface area contributed by atoms with Gasteiger partial charge in [0.05, 0.1) is 0 Å². The minimum atomic E-state index is 0. The Labute approximate surface area is 147 Å². The van der Waals surface area contributed by atoms with Crippen LogP contribution in [0.2, 0.25) is 0 Å². The van der Waals surface area contributed by atoms with Crippen LogP contribution < -0.4 is 18.9 Å². The first-order valence-electron chi connectivity index (χ1n) is 9.19.